The van der Waals surface area contributed by atoms with Gasteiger partial charge in [0.15, 0.2) is 0 Å². The van der Waals surface area contributed by atoms with Crippen molar-refractivity contribution in [1.82, 2.24) is 0 Å². The third-order valence-corrected chi connectivity index (χ3v) is 7.01. The van der Waals surface area contributed by atoms with Crippen LogP contribution in [-0.2, 0) is 5.16 Å². The average molecular weight is 256 g/mol. The molecule has 0 unspecified atom stereocenters. The molecule has 84 valence electrons. The molecular weight excluding hydrogens is 242 g/mol. The fourth-order valence-electron chi connectivity index (χ4n) is 2.43. The van der Waals surface area contributed by atoms with E-state index in [0.717, 1.165) is 0 Å². The third kappa shape index (κ3) is 1.97. The van der Waals surface area contributed by atoms with Crippen molar-refractivity contribution in [3.05, 3.63) is 71.8 Å². The van der Waals surface area contributed by atoms with Crippen molar-refractivity contribution in [1.29, 1.82) is 0 Å². The molecule has 0 nitrogen and oxygen atoms in total. The summed E-state index contributed by atoms with van der Waals surface area (Å²) >= 11 is 0. The first-order valence-electron chi connectivity index (χ1n) is 5.91. The Bertz CT molecular complexity index is 478. The molecule has 0 saturated heterocycles. The molecule has 0 spiro atoms. The summed E-state index contributed by atoms with van der Waals surface area (Å²) in [6, 6.07) is 22.0. The maximum atomic E-state index is 2.28. The summed E-state index contributed by atoms with van der Waals surface area (Å²) < 4.78 is 0. The van der Waals surface area contributed by atoms with Crippen molar-refractivity contribution in [2.45, 2.75) is 11.6 Å². The van der Waals surface area contributed by atoms with Gasteiger partial charge in [0.25, 0.3) is 0 Å². The molecule has 1 heterocycles. The molecule has 0 saturated carbocycles. The Morgan fingerprint density at radius 2 is 1.29 bits per heavy atom. The van der Waals surface area contributed by atoms with Crippen molar-refractivity contribution < 1.29 is 0 Å². The van der Waals surface area contributed by atoms with Crippen LogP contribution in [0.3, 0.4) is 0 Å². The van der Waals surface area contributed by atoms with Gasteiger partial charge in [-0.1, -0.05) is 76.4 Å². The van der Waals surface area contributed by atoms with E-state index < -0.39 is 0 Å². The fourth-order valence-corrected chi connectivity index (χ4v) is 6.44. The van der Waals surface area contributed by atoms with Crippen LogP contribution in [0.1, 0.15) is 17.5 Å². The molecule has 1 aliphatic rings. The Labute approximate surface area is 105 Å². The first-order chi connectivity index (χ1) is 8.42. The Hall–Kier alpha value is -0.960. The summed E-state index contributed by atoms with van der Waals surface area (Å²) in [5.74, 6) is 0. The average Bonchev–Trinajstić information content (AvgIpc) is 2.91. The third-order valence-electron chi connectivity index (χ3n) is 3.32. The molecule has 2 aromatic rings. The molecule has 3 rings (SSSR count). The van der Waals surface area contributed by atoms with Gasteiger partial charge >= 0.3 is 0 Å². The van der Waals surface area contributed by atoms with Crippen molar-refractivity contribution >= 4 is 15.7 Å². The standard InChI is InChI=1S/C15H14P2/c1-3-7-13(8-4-1)15(11-12-16-17-15)14-9-5-2-6-10-14/h1-10H,11-12H2. The highest BCUT2D eigenvalue weighted by molar-refractivity contribution is 7.85. The van der Waals surface area contributed by atoms with Crippen LogP contribution >= 0.6 is 15.7 Å². The maximum absolute atomic E-state index is 2.28. The summed E-state index contributed by atoms with van der Waals surface area (Å²) in [4.78, 5) is 0. The van der Waals surface area contributed by atoms with Crippen LogP contribution in [0.15, 0.2) is 60.7 Å². The molecule has 0 N–H and O–H groups in total. The number of hydrogen-bond acceptors (Lipinski definition) is 0. The summed E-state index contributed by atoms with van der Waals surface area (Å²) in [5, 5.41) is 0.240. The highest BCUT2D eigenvalue weighted by atomic mass is 31.7. The molecule has 0 fully saturated rings. The SMILES string of the molecule is c1ccc(C2(c3ccccc3)CCP=P2)cc1. The van der Waals surface area contributed by atoms with Gasteiger partial charge in [0, 0.05) is 0 Å². The molecule has 0 radical (unpaired) electrons. The Balaban J connectivity index is 2.15. The van der Waals surface area contributed by atoms with Crippen molar-refractivity contribution in [2.75, 3.05) is 6.16 Å². The predicted molar refractivity (Wildman–Crippen MR) is 77.0 cm³/mol. The van der Waals surface area contributed by atoms with Crippen LogP contribution in [0, 0.1) is 0 Å². The summed E-state index contributed by atoms with van der Waals surface area (Å²) in [6.45, 7) is 0. The fraction of sp³-hybridized carbons (Fsp3) is 0.200. The molecular formula is C15H14P2. The van der Waals surface area contributed by atoms with E-state index in [2.05, 4.69) is 60.7 Å². The molecule has 0 bridgehead atoms. The van der Waals surface area contributed by atoms with E-state index >= 15 is 0 Å². The van der Waals surface area contributed by atoms with Gasteiger partial charge in [-0.2, -0.15) is 0 Å². The second-order valence-corrected chi connectivity index (χ2v) is 7.45. The van der Waals surface area contributed by atoms with Crippen LogP contribution in [0.25, 0.3) is 0 Å². The monoisotopic (exact) mass is 256 g/mol. The molecule has 2 aromatic carbocycles. The molecule has 0 atom stereocenters. The van der Waals surface area contributed by atoms with E-state index in [1.54, 1.807) is 7.87 Å². The van der Waals surface area contributed by atoms with E-state index in [9.17, 15) is 0 Å². The summed E-state index contributed by atoms with van der Waals surface area (Å²) in [6.07, 6.45) is 2.58. The first kappa shape index (κ1) is 11.1. The number of rotatable bonds is 2. The van der Waals surface area contributed by atoms with Gasteiger partial charge in [0.05, 0.1) is 5.16 Å². The molecule has 0 aromatic heterocycles. The zero-order valence-corrected chi connectivity index (χ0v) is 11.4. The van der Waals surface area contributed by atoms with Gasteiger partial charge in [0.2, 0.25) is 0 Å². The molecule has 2 heteroatoms. The minimum absolute atomic E-state index is 0.240. The van der Waals surface area contributed by atoms with E-state index in [-0.39, 0.29) is 5.16 Å². The zero-order chi connectivity index (χ0) is 11.6. The molecule has 17 heavy (non-hydrogen) atoms. The van der Waals surface area contributed by atoms with Crippen molar-refractivity contribution in [3.8, 4) is 0 Å². The lowest BCUT2D eigenvalue weighted by atomic mass is 9.88. The minimum atomic E-state index is 0.240. The Kier molecular flexibility index (Phi) is 3.10. The normalized spacial score (nSPS) is 19.1. The lowest BCUT2D eigenvalue weighted by molar-refractivity contribution is 0.723. The van der Waals surface area contributed by atoms with Gasteiger partial charge in [-0.25, -0.2) is 0 Å². The lowest BCUT2D eigenvalue weighted by Crippen LogP contribution is -2.19. The van der Waals surface area contributed by atoms with E-state index in [4.69, 9.17) is 0 Å². The second-order valence-electron chi connectivity index (χ2n) is 4.31. The van der Waals surface area contributed by atoms with Crippen LogP contribution < -0.4 is 0 Å². The maximum Gasteiger partial charge on any atom is 0.0665 e. The van der Waals surface area contributed by atoms with Gasteiger partial charge in [-0.05, 0) is 23.7 Å². The summed E-state index contributed by atoms with van der Waals surface area (Å²) in [7, 11) is 3.10. The number of hydrogen-bond donors (Lipinski definition) is 0. The predicted octanol–water partition coefficient (Wildman–Crippen LogP) is 5.14. The topological polar surface area (TPSA) is 0 Å². The van der Waals surface area contributed by atoms with E-state index in [1.807, 2.05) is 0 Å². The zero-order valence-electron chi connectivity index (χ0n) is 9.58. The van der Waals surface area contributed by atoms with Gasteiger partial charge in [-0.3, -0.25) is 0 Å². The van der Waals surface area contributed by atoms with Crippen molar-refractivity contribution in [3.63, 3.8) is 0 Å². The van der Waals surface area contributed by atoms with Gasteiger partial charge in [-0.15, -0.1) is 0 Å². The lowest BCUT2D eigenvalue weighted by Gasteiger charge is -2.27. The molecule has 0 aliphatic carbocycles. The van der Waals surface area contributed by atoms with Crippen LogP contribution in [0.2, 0.25) is 0 Å². The first-order valence-corrected chi connectivity index (χ1v) is 8.59. The van der Waals surface area contributed by atoms with Crippen LogP contribution in [-0.4, -0.2) is 6.16 Å². The van der Waals surface area contributed by atoms with Crippen LogP contribution in [0.5, 0.6) is 0 Å². The largest absolute Gasteiger partial charge is 0.0748 e. The second kappa shape index (κ2) is 4.73. The number of benzene rings is 2. The minimum Gasteiger partial charge on any atom is -0.0748 e. The highest BCUT2D eigenvalue weighted by Crippen LogP contribution is 2.54. The Morgan fingerprint density at radius 1 is 0.765 bits per heavy atom. The van der Waals surface area contributed by atoms with Crippen LogP contribution in [0.4, 0.5) is 0 Å². The summed E-state index contributed by atoms with van der Waals surface area (Å²) in [5.41, 5.74) is 2.94. The quantitative estimate of drug-likeness (QED) is 0.652. The highest BCUT2D eigenvalue weighted by Gasteiger charge is 2.34. The Morgan fingerprint density at radius 3 is 1.71 bits per heavy atom. The van der Waals surface area contributed by atoms with Gasteiger partial charge in [0.1, 0.15) is 0 Å². The molecule has 1 aliphatic heterocycles. The molecule has 0 amide bonds. The van der Waals surface area contributed by atoms with Crippen molar-refractivity contribution in [2.24, 2.45) is 0 Å². The van der Waals surface area contributed by atoms with E-state index in [1.165, 1.54) is 31.6 Å². The smallest absolute Gasteiger partial charge is 0.0665 e. The van der Waals surface area contributed by atoms with Gasteiger partial charge < -0.3 is 0 Å². The van der Waals surface area contributed by atoms with E-state index in [0.29, 0.717) is 0 Å².